The van der Waals surface area contributed by atoms with Gasteiger partial charge in [-0.1, -0.05) is 12.7 Å². The molecule has 0 aliphatic heterocycles. The minimum Gasteiger partial charge on any atom is -0.261 e. The Hall–Kier alpha value is -0.410. The summed E-state index contributed by atoms with van der Waals surface area (Å²) in [6.07, 6.45) is 3.68. The van der Waals surface area contributed by atoms with E-state index in [2.05, 4.69) is 34.6 Å². The highest BCUT2D eigenvalue weighted by Gasteiger charge is 2.10. The third-order valence-corrected chi connectivity index (χ3v) is 2.22. The van der Waals surface area contributed by atoms with Crippen LogP contribution in [-0.4, -0.2) is 22.7 Å². The van der Waals surface area contributed by atoms with Crippen LogP contribution in [0.4, 0.5) is 0 Å². The van der Waals surface area contributed by atoms with Crippen molar-refractivity contribution >= 4 is 21.9 Å². The highest BCUT2D eigenvalue weighted by atomic mass is 79.9. The van der Waals surface area contributed by atoms with Crippen molar-refractivity contribution in [1.29, 1.82) is 0 Å². The molecule has 74 valence electrons. The molecule has 0 radical (unpaired) electrons. The highest BCUT2D eigenvalue weighted by molar-refractivity contribution is 9.07. The van der Waals surface area contributed by atoms with Crippen molar-refractivity contribution < 1.29 is 0 Å². The van der Waals surface area contributed by atoms with Gasteiger partial charge in [-0.25, -0.2) is 3.93 Å². The van der Waals surface area contributed by atoms with Crippen LogP contribution in [0.3, 0.4) is 0 Å². The van der Waals surface area contributed by atoms with Gasteiger partial charge in [0.25, 0.3) is 0 Å². The standard InChI is InChI=1S/C10H17BrN2/c1-6-7-10(12-8(2)3)9(4)13(5)11/h6-7,9H,1H2,2-5H3/b10-7+. The van der Waals surface area contributed by atoms with Crippen molar-refractivity contribution in [3.8, 4) is 0 Å². The van der Waals surface area contributed by atoms with E-state index in [0.29, 0.717) is 0 Å². The zero-order valence-electron chi connectivity index (χ0n) is 8.71. The molecular formula is C10H17BrN2. The molecule has 0 aromatic rings. The molecule has 0 rings (SSSR count). The van der Waals surface area contributed by atoms with Crippen LogP contribution in [-0.2, 0) is 0 Å². The topological polar surface area (TPSA) is 15.6 Å². The van der Waals surface area contributed by atoms with Crippen molar-refractivity contribution in [2.45, 2.75) is 26.8 Å². The lowest BCUT2D eigenvalue weighted by atomic mass is 10.2. The molecule has 0 aliphatic carbocycles. The Morgan fingerprint density at radius 2 is 2.08 bits per heavy atom. The predicted octanol–water partition coefficient (Wildman–Crippen LogP) is 3.17. The third kappa shape index (κ3) is 5.01. The van der Waals surface area contributed by atoms with Crippen molar-refractivity contribution in [3.63, 3.8) is 0 Å². The summed E-state index contributed by atoms with van der Waals surface area (Å²) in [5.74, 6) is 0. The van der Waals surface area contributed by atoms with Crippen LogP contribution in [0.25, 0.3) is 0 Å². The van der Waals surface area contributed by atoms with E-state index in [9.17, 15) is 0 Å². The molecule has 0 spiro atoms. The van der Waals surface area contributed by atoms with Gasteiger partial charge < -0.3 is 0 Å². The van der Waals surface area contributed by atoms with Crippen LogP contribution in [0.2, 0.25) is 0 Å². The molecule has 2 nitrogen and oxygen atoms in total. The van der Waals surface area contributed by atoms with Gasteiger partial charge in [0.05, 0.1) is 11.7 Å². The van der Waals surface area contributed by atoms with Crippen LogP contribution in [0.15, 0.2) is 29.4 Å². The first-order valence-electron chi connectivity index (χ1n) is 4.22. The fourth-order valence-electron chi connectivity index (χ4n) is 0.831. The van der Waals surface area contributed by atoms with E-state index in [-0.39, 0.29) is 6.04 Å². The average molecular weight is 245 g/mol. The Balaban J connectivity index is 4.72. The Labute approximate surface area is 89.4 Å². The molecule has 0 aliphatic rings. The van der Waals surface area contributed by atoms with Crippen LogP contribution >= 0.6 is 16.1 Å². The first-order chi connectivity index (χ1) is 5.99. The Morgan fingerprint density at radius 1 is 1.54 bits per heavy atom. The van der Waals surface area contributed by atoms with Crippen LogP contribution in [0.1, 0.15) is 20.8 Å². The van der Waals surface area contributed by atoms with E-state index < -0.39 is 0 Å². The summed E-state index contributed by atoms with van der Waals surface area (Å²) in [4.78, 5) is 4.42. The zero-order valence-corrected chi connectivity index (χ0v) is 10.3. The van der Waals surface area contributed by atoms with E-state index >= 15 is 0 Å². The molecule has 1 atom stereocenters. The van der Waals surface area contributed by atoms with Gasteiger partial charge in [0.1, 0.15) is 0 Å². The molecule has 0 saturated heterocycles. The molecule has 0 bridgehead atoms. The lowest BCUT2D eigenvalue weighted by Gasteiger charge is -2.18. The maximum atomic E-state index is 4.42. The second kappa shape index (κ2) is 6.11. The lowest BCUT2D eigenvalue weighted by Crippen LogP contribution is -2.21. The first-order valence-corrected chi connectivity index (χ1v) is 4.93. The number of hydrogen-bond donors (Lipinski definition) is 0. The van der Waals surface area contributed by atoms with Crippen molar-refractivity contribution in [2.24, 2.45) is 4.99 Å². The maximum Gasteiger partial charge on any atom is 0.0596 e. The quantitative estimate of drug-likeness (QED) is 0.422. The SMILES string of the molecule is C=C/C=C(/N=C(C)C)C(C)N(C)Br. The van der Waals surface area contributed by atoms with Gasteiger partial charge in [0.15, 0.2) is 0 Å². The summed E-state index contributed by atoms with van der Waals surface area (Å²) < 4.78 is 1.94. The lowest BCUT2D eigenvalue weighted by molar-refractivity contribution is 0.502. The fourth-order valence-corrected chi connectivity index (χ4v) is 1.04. The van der Waals surface area contributed by atoms with E-state index in [4.69, 9.17) is 0 Å². The van der Waals surface area contributed by atoms with Crippen molar-refractivity contribution in [3.05, 3.63) is 24.4 Å². The Bertz CT molecular complexity index is 225. The Kier molecular flexibility index (Phi) is 5.91. The summed E-state index contributed by atoms with van der Waals surface area (Å²) in [5.41, 5.74) is 2.06. The molecule has 0 amide bonds. The predicted molar refractivity (Wildman–Crippen MR) is 63.2 cm³/mol. The smallest absolute Gasteiger partial charge is 0.0596 e. The molecule has 0 aromatic carbocycles. The van der Waals surface area contributed by atoms with E-state index in [1.54, 1.807) is 6.08 Å². The first kappa shape index (κ1) is 12.6. The van der Waals surface area contributed by atoms with Gasteiger partial charge in [-0.2, -0.15) is 0 Å². The summed E-state index contributed by atoms with van der Waals surface area (Å²) in [5, 5.41) is 0. The second-order valence-electron chi connectivity index (χ2n) is 3.09. The van der Waals surface area contributed by atoms with Crippen LogP contribution < -0.4 is 0 Å². The van der Waals surface area contributed by atoms with E-state index in [1.165, 1.54) is 0 Å². The maximum absolute atomic E-state index is 4.42. The molecule has 0 N–H and O–H groups in total. The van der Waals surface area contributed by atoms with Gasteiger partial charge in [0.2, 0.25) is 0 Å². The van der Waals surface area contributed by atoms with Crippen LogP contribution in [0, 0.1) is 0 Å². The minimum atomic E-state index is 0.243. The largest absolute Gasteiger partial charge is 0.261 e. The fraction of sp³-hybridized carbons (Fsp3) is 0.500. The minimum absolute atomic E-state index is 0.243. The average Bonchev–Trinajstić information content (AvgIpc) is 2.01. The van der Waals surface area contributed by atoms with Gasteiger partial charge in [-0.05, 0) is 33.9 Å². The normalized spacial score (nSPS) is 14.2. The molecule has 3 heteroatoms. The van der Waals surface area contributed by atoms with Gasteiger partial charge in [-0.3, -0.25) is 4.99 Å². The molecule has 0 aromatic heterocycles. The van der Waals surface area contributed by atoms with Crippen molar-refractivity contribution in [2.75, 3.05) is 7.05 Å². The monoisotopic (exact) mass is 244 g/mol. The molecule has 13 heavy (non-hydrogen) atoms. The van der Waals surface area contributed by atoms with Gasteiger partial charge in [0, 0.05) is 21.9 Å². The van der Waals surface area contributed by atoms with Gasteiger partial charge in [-0.15, -0.1) is 0 Å². The second-order valence-corrected chi connectivity index (χ2v) is 4.21. The number of aliphatic imine (C=N–C) groups is 1. The molecule has 0 saturated carbocycles. The third-order valence-electron chi connectivity index (χ3n) is 1.60. The summed E-state index contributed by atoms with van der Waals surface area (Å²) in [6, 6.07) is 0.243. The van der Waals surface area contributed by atoms with Gasteiger partial charge >= 0.3 is 0 Å². The van der Waals surface area contributed by atoms with E-state index in [1.807, 2.05) is 30.9 Å². The molecule has 1 unspecified atom stereocenters. The number of halogens is 1. The summed E-state index contributed by atoms with van der Waals surface area (Å²) >= 11 is 3.39. The summed E-state index contributed by atoms with van der Waals surface area (Å²) in [7, 11) is 1.96. The number of rotatable bonds is 4. The number of hydrogen-bond acceptors (Lipinski definition) is 2. The number of nitrogens with zero attached hydrogens (tertiary/aromatic N) is 2. The zero-order chi connectivity index (χ0) is 10.4. The van der Waals surface area contributed by atoms with E-state index in [0.717, 1.165) is 11.4 Å². The van der Waals surface area contributed by atoms with Crippen molar-refractivity contribution in [1.82, 2.24) is 3.93 Å². The Morgan fingerprint density at radius 3 is 2.38 bits per heavy atom. The highest BCUT2D eigenvalue weighted by Crippen LogP contribution is 2.13. The number of allylic oxidation sites excluding steroid dienone is 2. The molecule has 0 fully saturated rings. The molecule has 0 heterocycles. The number of likely N-dealkylation sites (N-methyl/N-ethyl adjacent to an activating group) is 1. The molecular weight excluding hydrogens is 228 g/mol. The summed E-state index contributed by atoms with van der Waals surface area (Å²) in [6.45, 7) is 9.72. The van der Waals surface area contributed by atoms with Crippen LogP contribution in [0.5, 0.6) is 0 Å².